The quantitative estimate of drug-likeness (QED) is 0.765. The van der Waals surface area contributed by atoms with Crippen LogP contribution in [0.2, 0.25) is 0 Å². The molecule has 16 heavy (non-hydrogen) atoms. The number of nitrogens with zero attached hydrogens (tertiary/aromatic N) is 2. The van der Waals surface area contributed by atoms with Gasteiger partial charge in [0.1, 0.15) is 0 Å². The van der Waals surface area contributed by atoms with E-state index in [4.69, 9.17) is 5.73 Å². The topological polar surface area (TPSA) is 60.9 Å². The molecular weight excluding hydrogens is 202 g/mol. The van der Waals surface area contributed by atoms with Gasteiger partial charge in [-0.25, -0.2) is 4.68 Å². The zero-order valence-electron chi connectivity index (χ0n) is 9.05. The molecule has 1 heterocycles. The fourth-order valence-electron chi connectivity index (χ4n) is 1.50. The lowest BCUT2D eigenvalue weighted by molar-refractivity contribution is 0.629. The second-order valence-corrected chi connectivity index (χ2v) is 3.67. The van der Waals surface area contributed by atoms with Crippen LogP contribution in [0.3, 0.4) is 0 Å². The highest BCUT2D eigenvalue weighted by atomic mass is 16.1. The number of aryl methyl sites for hydroxylation is 1. The number of anilines is 1. The van der Waals surface area contributed by atoms with Crippen LogP contribution in [0.5, 0.6) is 0 Å². The number of aromatic nitrogens is 2. The standard InChI is InChI=1S/C12H13N3O/c1-9-6-7-12(16)15(14-9)8-10-4-2-3-5-11(10)13/h2-7H,8,13H2,1H3. The average molecular weight is 215 g/mol. The van der Waals surface area contributed by atoms with Crippen LogP contribution in [-0.4, -0.2) is 9.78 Å². The van der Waals surface area contributed by atoms with Gasteiger partial charge in [0.15, 0.2) is 0 Å². The highest BCUT2D eigenvalue weighted by Gasteiger charge is 2.02. The molecule has 2 aromatic rings. The Morgan fingerprint density at radius 3 is 2.75 bits per heavy atom. The van der Waals surface area contributed by atoms with E-state index in [9.17, 15) is 4.79 Å². The largest absolute Gasteiger partial charge is 0.398 e. The van der Waals surface area contributed by atoms with Gasteiger partial charge in [0.25, 0.3) is 5.56 Å². The fourth-order valence-corrected chi connectivity index (χ4v) is 1.50. The summed E-state index contributed by atoms with van der Waals surface area (Å²) in [7, 11) is 0. The van der Waals surface area contributed by atoms with E-state index in [1.807, 2.05) is 31.2 Å². The summed E-state index contributed by atoms with van der Waals surface area (Å²) in [5, 5.41) is 4.16. The lowest BCUT2D eigenvalue weighted by atomic mass is 10.2. The van der Waals surface area contributed by atoms with Gasteiger partial charge in [0.2, 0.25) is 0 Å². The first-order valence-corrected chi connectivity index (χ1v) is 5.05. The molecule has 0 amide bonds. The molecule has 1 aromatic heterocycles. The van der Waals surface area contributed by atoms with Crippen LogP contribution < -0.4 is 11.3 Å². The van der Waals surface area contributed by atoms with Crippen molar-refractivity contribution < 1.29 is 0 Å². The Bertz CT molecular complexity index is 560. The van der Waals surface area contributed by atoms with E-state index >= 15 is 0 Å². The summed E-state index contributed by atoms with van der Waals surface area (Å²) in [5.74, 6) is 0. The van der Waals surface area contributed by atoms with Crippen molar-refractivity contribution in [1.82, 2.24) is 9.78 Å². The highest BCUT2D eigenvalue weighted by molar-refractivity contribution is 5.46. The highest BCUT2D eigenvalue weighted by Crippen LogP contribution is 2.10. The lowest BCUT2D eigenvalue weighted by Gasteiger charge is -2.07. The van der Waals surface area contributed by atoms with E-state index in [1.54, 1.807) is 6.07 Å². The Morgan fingerprint density at radius 1 is 1.25 bits per heavy atom. The maximum atomic E-state index is 11.5. The zero-order chi connectivity index (χ0) is 11.5. The monoisotopic (exact) mass is 215 g/mol. The molecule has 2 N–H and O–H groups in total. The molecule has 0 radical (unpaired) electrons. The molecule has 0 bridgehead atoms. The smallest absolute Gasteiger partial charge is 0.267 e. The number of hydrogen-bond acceptors (Lipinski definition) is 3. The molecule has 2 rings (SSSR count). The number of benzene rings is 1. The average Bonchev–Trinajstić information content (AvgIpc) is 2.27. The van der Waals surface area contributed by atoms with E-state index in [0.29, 0.717) is 12.2 Å². The molecule has 0 saturated carbocycles. The van der Waals surface area contributed by atoms with Crippen molar-refractivity contribution in [3.63, 3.8) is 0 Å². The minimum atomic E-state index is -0.117. The van der Waals surface area contributed by atoms with Crippen LogP contribution in [0.1, 0.15) is 11.3 Å². The Balaban J connectivity index is 2.38. The lowest BCUT2D eigenvalue weighted by Crippen LogP contribution is -2.23. The van der Waals surface area contributed by atoms with Crippen LogP contribution in [0.4, 0.5) is 5.69 Å². The van der Waals surface area contributed by atoms with Gasteiger partial charge in [0.05, 0.1) is 12.2 Å². The van der Waals surface area contributed by atoms with Crippen molar-refractivity contribution in [2.45, 2.75) is 13.5 Å². The number of rotatable bonds is 2. The van der Waals surface area contributed by atoms with E-state index in [-0.39, 0.29) is 5.56 Å². The minimum Gasteiger partial charge on any atom is -0.398 e. The van der Waals surface area contributed by atoms with Gasteiger partial charge >= 0.3 is 0 Å². The van der Waals surface area contributed by atoms with Crippen LogP contribution in [-0.2, 0) is 6.54 Å². The molecule has 4 heteroatoms. The van der Waals surface area contributed by atoms with Gasteiger partial charge < -0.3 is 5.73 Å². The Labute approximate surface area is 93.3 Å². The summed E-state index contributed by atoms with van der Waals surface area (Å²) in [6.45, 7) is 2.26. The molecule has 0 spiro atoms. The first-order chi connectivity index (χ1) is 7.66. The minimum absolute atomic E-state index is 0.117. The Morgan fingerprint density at radius 2 is 2.00 bits per heavy atom. The van der Waals surface area contributed by atoms with E-state index < -0.39 is 0 Å². The van der Waals surface area contributed by atoms with Gasteiger partial charge in [-0.15, -0.1) is 0 Å². The Hall–Kier alpha value is -2.10. The maximum Gasteiger partial charge on any atom is 0.267 e. The molecule has 0 aliphatic carbocycles. The van der Waals surface area contributed by atoms with Crippen LogP contribution in [0.25, 0.3) is 0 Å². The first kappa shape index (κ1) is 10.4. The summed E-state index contributed by atoms with van der Waals surface area (Å²) in [6.07, 6.45) is 0. The van der Waals surface area contributed by atoms with Crippen LogP contribution in [0.15, 0.2) is 41.2 Å². The summed E-state index contributed by atoms with van der Waals surface area (Å²) in [4.78, 5) is 11.5. The SMILES string of the molecule is Cc1ccc(=O)n(Cc2ccccc2N)n1. The van der Waals surface area contributed by atoms with Crippen molar-refractivity contribution in [1.29, 1.82) is 0 Å². The van der Waals surface area contributed by atoms with Gasteiger partial charge in [-0.05, 0) is 24.6 Å². The van der Waals surface area contributed by atoms with Crippen molar-refractivity contribution in [3.05, 3.63) is 58.0 Å². The molecule has 0 aliphatic rings. The maximum absolute atomic E-state index is 11.5. The summed E-state index contributed by atoms with van der Waals surface area (Å²) in [5.41, 5.74) is 8.09. The number of para-hydroxylation sites is 1. The number of nitrogens with two attached hydrogens (primary N) is 1. The second-order valence-electron chi connectivity index (χ2n) is 3.67. The summed E-state index contributed by atoms with van der Waals surface area (Å²) < 4.78 is 1.42. The number of nitrogen functional groups attached to an aromatic ring is 1. The van der Waals surface area contributed by atoms with Crippen LogP contribution >= 0.6 is 0 Å². The third kappa shape index (κ3) is 2.11. The molecule has 0 saturated heterocycles. The van der Waals surface area contributed by atoms with E-state index in [1.165, 1.54) is 10.7 Å². The fraction of sp³-hybridized carbons (Fsp3) is 0.167. The number of hydrogen-bond donors (Lipinski definition) is 1. The van der Waals surface area contributed by atoms with E-state index in [0.717, 1.165) is 11.3 Å². The summed E-state index contributed by atoms with van der Waals surface area (Å²) >= 11 is 0. The van der Waals surface area contributed by atoms with Crippen molar-refractivity contribution in [2.24, 2.45) is 0 Å². The van der Waals surface area contributed by atoms with Gasteiger partial charge in [0, 0.05) is 11.8 Å². The van der Waals surface area contributed by atoms with Crippen molar-refractivity contribution in [3.8, 4) is 0 Å². The molecule has 0 fully saturated rings. The van der Waals surface area contributed by atoms with E-state index in [2.05, 4.69) is 5.10 Å². The molecule has 4 nitrogen and oxygen atoms in total. The molecule has 0 atom stereocenters. The normalized spacial score (nSPS) is 10.3. The molecular formula is C12H13N3O. The molecule has 0 aliphatic heterocycles. The molecule has 1 aromatic carbocycles. The van der Waals surface area contributed by atoms with Crippen LogP contribution in [0, 0.1) is 6.92 Å². The Kier molecular flexibility index (Phi) is 2.72. The third-order valence-corrected chi connectivity index (χ3v) is 2.38. The second kappa shape index (κ2) is 4.18. The third-order valence-electron chi connectivity index (χ3n) is 2.38. The predicted molar refractivity (Wildman–Crippen MR) is 63.2 cm³/mol. The summed E-state index contributed by atoms with van der Waals surface area (Å²) in [6, 6.07) is 10.7. The molecule has 82 valence electrons. The first-order valence-electron chi connectivity index (χ1n) is 5.05. The molecule has 0 unspecified atom stereocenters. The zero-order valence-corrected chi connectivity index (χ0v) is 9.05. The van der Waals surface area contributed by atoms with Gasteiger partial charge in [-0.3, -0.25) is 4.79 Å². The predicted octanol–water partition coefficient (Wildman–Crippen LogP) is 1.18. The van der Waals surface area contributed by atoms with Gasteiger partial charge in [-0.2, -0.15) is 5.10 Å². The van der Waals surface area contributed by atoms with Crippen molar-refractivity contribution in [2.75, 3.05) is 5.73 Å². The van der Waals surface area contributed by atoms with Crippen molar-refractivity contribution >= 4 is 5.69 Å². The van der Waals surface area contributed by atoms with Gasteiger partial charge in [-0.1, -0.05) is 18.2 Å².